The molecule has 0 aliphatic carbocycles. The molecule has 0 saturated carbocycles. The van der Waals surface area contributed by atoms with E-state index in [1.165, 1.54) is 22.3 Å². The Morgan fingerprint density at radius 2 is 1.41 bits per heavy atom. The highest BCUT2D eigenvalue weighted by Gasteiger charge is 2.13. The maximum Gasteiger partial charge on any atom is 0.154 e. The van der Waals surface area contributed by atoms with Crippen LogP contribution in [0.1, 0.15) is 33.8 Å². The van der Waals surface area contributed by atoms with Crippen molar-refractivity contribution in [3.63, 3.8) is 0 Å². The van der Waals surface area contributed by atoms with E-state index >= 15 is 0 Å². The summed E-state index contributed by atoms with van der Waals surface area (Å²) in [6, 6.07) is 0. The molecule has 0 fully saturated rings. The van der Waals surface area contributed by atoms with E-state index in [-0.39, 0.29) is 6.61 Å². The Balaban J connectivity index is 3.00. The topological polar surface area (TPSA) is 46.0 Å². The number of rotatable bonds is 1. The summed E-state index contributed by atoms with van der Waals surface area (Å²) in [5, 5.41) is 10.3. The van der Waals surface area contributed by atoms with Crippen LogP contribution in [0.2, 0.25) is 0 Å². The molecule has 2 rings (SSSR count). The van der Waals surface area contributed by atoms with Crippen LogP contribution in [0.4, 0.5) is 0 Å². The van der Waals surface area contributed by atoms with E-state index in [0.29, 0.717) is 5.82 Å². The third kappa shape index (κ3) is 1.71. The minimum Gasteiger partial charge on any atom is -0.388 e. The molecule has 0 bridgehead atoms. The van der Waals surface area contributed by atoms with Gasteiger partial charge >= 0.3 is 0 Å². The van der Waals surface area contributed by atoms with E-state index in [0.717, 1.165) is 16.6 Å². The van der Waals surface area contributed by atoms with Crippen LogP contribution in [0.5, 0.6) is 0 Å². The predicted molar refractivity (Wildman–Crippen MR) is 69.1 cm³/mol. The molecule has 1 N–H and O–H groups in total. The second kappa shape index (κ2) is 4.08. The largest absolute Gasteiger partial charge is 0.388 e. The minimum absolute atomic E-state index is 0.109. The van der Waals surface area contributed by atoms with Crippen LogP contribution in [0, 0.1) is 34.6 Å². The van der Waals surface area contributed by atoms with Gasteiger partial charge in [0.2, 0.25) is 0 Å². The number of aliphatic hydroxyl groups excluding tert-OH is 1. The highest BCUT2D eigenvalue weighted by Crippen LogP contribution is 2.29. The van der Waals surface area contributed by atoms with Crippen molar-refractivity contribution in [2.75, 3.05) is 0 Å². The van der Waals surface area contributed by atoms with Gasteiger partial charge in [-0.15, -0.1) is 0 Å². The normalized spacial score (nSPS) is 11.2. The zero-order chi connectivity index (χ0) is 12.7. The van der Waals surface area contributed by atoms with Gasteiger partial charge in [0.1, 0.15) is 6.61 Å². The van der Waals surface area contributed by atoms with Crippen LogP contribution in [0.3, 0.4) is 0 Å². The summed E-state index contributed by atoms with van der Waals surface area (Å²) < 4.78 is 0. The van der Waals surface area contributed by atoms with Crippen molar-refractivity contribution >= 4 is 10.9 Å². The molecule has 0 atom stereocenters. The maximum absolute atomic E-state index is 9.18. The lowest BCUT2D eigenvalue weighted by Crippen LogP contribution is -2.03. The number of nitrogens with zero attached hydrogens (tertiary/aromatic N) is 2. The molecule has 0 aliphatic heterocycles. The van der Waals surface area contributed by atoms with Crippen molar-refractivity contribution in [3.8, 4) is 0 Å². The van der Waals surface area contributed by atoms with Crippen LogP contribution >= 0.6 is 0 Å². The molecule has 0 amide bonds. The summed E-state index contributed by atoms with van der Waals surface area (Å²) in [4.78, 5) is 8.79. The summed E-state index contributed by atoms with van der Waals surface area (Å²) in [5.74, 6) is 0.501. The maximum atomic E-state index is 9.18. The van der Waals surface area contributed by atoms with Gasteiger partial charge in [-0.3, -0.25) is 0 Å². The lowest BCUT2D eigenvalue weighted by atomic mass is 9.94. The van der Waals surface area contributed by atoms with Gasteiger partial charge in [0.15, 0.2) is 5.82 Å². The van der Waals surface area contributed by atoms with Crippen molar-refractivity contribution in [1.29, 1.82) is 0 Å². The van der Waals surface area contributed by atoms with Crippen molar-refractivity contribution in [2.24, 2.45) is 0 Å². The molecule has 3 nitrogen and oxygen atoms in total. The molecule has 17 heavy (non-hydrogen) atoms. The zero-order valence-corrected chi connectivity index (χ0v) is 11.0. The Labute approximate surface area is 102 Å². The Bertz CT molecular complexity index is 603. The molecule has 1 aromatic heterocycles. The standard InChI is InChI=1S/C14H18N2O/c1-7-8(2)10(4)14-13(9(7)3)11(5)15-12(6-17)16-14/h17H,6H2,1-5H3. The third-order valence-corrected chi connectivity index (χ3v) is 3.70. The van der Waals surface area contributed by atoms with Crippen molar-refractivity contribution < 1.29 is 5.11 Å². The molecular formula is C14H18N2O. The van der Waals surface area contributed by atoms with Crippen LogP contribution in [0.15, 0.2) is 0 Å². The van der Waals surface area contributed by atoms with E-state index in [1.807, 2.05) is 6.92 Å². The van der Waals surface area contributed by atoms with Crippen LogP contribution < -0.4 is 0 Å². The highest BCUT2D eigenvalue weighted by atomic mass is 16.3. The highest BCUT2D eigenvalue weighted by molar-refractivity contribution is 5.89. The SMILES string of the molecule is Cc1c(C)c(C)c2c(C)nc(CO)nc2c1C. The Morgan fingerprint density at radius 3 is 2.00 bits per heavy atom. The molecule has 3 heteroatoms. The fourth-order valence-electron chi connectivity index (χ4n) is 2.35. The van der Waals surface area contributed by atoms with E-state index in [4.69, 9.17) is 0 Å². The first-order valence-corrected chi connectivity index (χ1v) is 5.81. The number of hydrogen-bond acceptors (Lipinski definition) is 3. The molecule has 0 unspecified atom stereocenters. The summed E-state index contributed by atoms with van der Waals surface area (Å²) in [6.07, 6.45) is 0. The van der Waals surface area contributed by atoms with Gasteiger partial charge in [-0.1, -0.05) is 0 Å². The molecule has 90 valence electrons. The van der Waals surface area contributed by atoms with E-state index in [2.05, 4.69) is 37.7 Å². The first-order chi connectivity index (χ1) is 7.97. The monoisotopic (exact) mass is 230 g/mol. The van der Waals surface area contributed by atoms with Crippen molar-refractivity contribution in [3.05, 3.63) is 33.8 Å². The summed E-state index contributed by atoms with van der Waals surface area (Å²) in [7, 11) is 0. The lowest BCUT2D eigenvalue weighted by Gasteiger charge is -2.15. The molecule has 0 saturated heterocycles. The van der Waals surface area contributed by atoms with Crippen LogP contribution in [-0.2, 0) is 6.61 Å². The average Bonchev–Trinajstić information content (AvgIpc) is 2.32. The summed E-state index contributed by atoms with van der Waals surface area (Å²) >= 11 is 0. The van der Waals surface area contributed by atoms with E-state index in [1.54, 1.807) is 0 Å². The Morgan fingerprint density at radius 1 is 0.824 bits per heavy atom. The molecule has 2 aromatic rings. The van der Waals surface area contributed by atoms with Crippen molar-refractivity contribution in [1.82, 2.24) is 9.97 Å². The van der Waals surface area contributed by atoms with Gasteiger partial charge in [0.25, 0.3) is 0 Å². The van der Waals surface area contributed by atoms with Gasteiger partial charge in [0.05, 0.1) is 5.52 Å². The molecule has 1 aromatic carbocycles. The molecule has 0 aliphatic rings. The van der Waals surface area contributed by atoms with Gasteiger partial charge in [-0.25, -0.2) is 9.97 Å². The zero-order valence-electron chi connectivity index (χ0n) is 11.0. The van der Waals surface area contributed by atoms with Gasteiger partial charge in [-0.2, -0.15) is 0 Å². The fraction of sp³-hybridized carbons (Fsp3) is 0.429. The smallest absolute Gasteiger partial charge is 0.154 e. The summed E-state index contributed by atoms with van der Waals surface area (Å²) in [6.45, 7) is 10.3. The summed E-state index contributed by atoms with van der Waals surface area (Å²) in [5.41, 5.74) is 6.92. The van der Waals surface area contributed by atoms with Gasteiger partial charge in [-0.05, 0) is 56.9 Å². The average molecular weight is 230 g/mol. The number of hydrogen-bond donors (Lipinski definition) is 1. The predicted octanol–water partition coefficient (Wildman–Crippen LogP) is 2.66. The van der Waals surface area contributed by atoms with Gasteiger partial charge in [0, 0.05) is 11.1 Å². The van der Waals surface area contributed by atoms with Gasteiger partial charge < -0.3 is 5.11 Å². The first-order valence-electron chi connectivity index (χ1n) is 5.81. The number of fused-ring (bicyclic) bond motifs is 1. The fourth-order valence-corrected chi connectivity index (χ4v) is 2.35. The molecule has 0 spiro atoms. The van der Waals surface area contributed by atoms with E-state index < -0.39 is 0 Å². The van der Waals surface area contributed by atoms with Crippen molar-refractivity contribution in [2.45, 2.75) is 41.2 Å². The van der Waals surface area contributed by atoms with Crippen LogP contribution in [-0.4, -0.2) is 15.1 Å². The number of aryl methyl sites for hydroxylation is 3. The second-order valence-corrected chi connectivity index (χ2v) is 4.61. The quantitative estimate of drug-likeness (QED) is 0.819. The van der Waals surface area contributed by atoms with Crippen LogP contribution in [0.25, 0.3) is 10.9 Å². The first kappa shape index (κ1) is 12.0. The molecule has 1 heterocycles. The number of aliphatic hydroxyl groups is 1. The lowest BCUT2D eigenvalue weighted by molar-refractivity contribution is 0.271. The number of benzene rings is 1. The number of aromatic nitrogens is 2. The molecule has 0 radical (unpaired) electrons. The minimum atomic E-state index is -0.109. The Kier molecular flexibility index (Phi) is 2.87. The second-order valence-electron chi connectivity index (χ2n) is 4.61. The van der Waals surface area contributed by atoms with E-state index in [9.17, 15) is 5.11 Å². The molecular weight excluding hydrogens is 212 g/mol. The Hall–Kier alpha value is -1.48. The third-order valence-electron chi connectivity index (χ3n) is 3.70.